The lowest BCUT2D eigenvalue weighted by Gasteiger charge is -2.21. The number of amides is 2. The predicted molar refractivity (Wildman–Crippen MR) is 54.3 cm³/mol. The van der Waals surface area contributed by atoms with E-state index in [-0.39, 0.29) is 16.3 Å². The van der Waals surface area contributed by atoms with Gasteiger partial charge in [0.05, 0.1) is 24.2 Å². The number of carbonyl (C=O) groups excluding carboxylic acids is 2. The molecule has 3 rings (SSSR count). The Morgan fingerprint density at radius 3 is 1.80 bits per heavy atom. The lowest BCUT2D eigenvalue weighted by atomic mass is 10.1. The summed E-state index contributed by atoms with van der Waals surface area (Å²) in [6, 6.07) is 7.17. The van der Waals surface area contributed by atoms with Crippen LogP contribution in [0.5, 0.6) is 0 Å². The number of quaternary nitrogens is 1. The smallest absolute Gasteiger partial charge is 0.225 e. The molecule has 76 valence electrons. The fourth-order valence-electron chi connectivity index (χ4n) is 2.69. The Balaban J connectivity index is 2.20. The van der Waals surface area contributed by atoms with Crippen molar-refractivity contribution in [1.82, 2.24) is 0 Å². The van der Waals surface area contributed by atoms with Crippen LogP contribution in [0.3, 0.4) is 0 Å². The van der Waals surface area contributed by atoms with E-state index in [1.165, 1.54) is 0 Å². The Labute approximate surface area is 87.9 Å². The molecule has 1 aromatic rings. The molecule has 0 radical (unpaired) electrons. The Hall–Kier alpha value is -1.48. The van der Waals surface area contributed by atoms with Gasteiger partial charge >= 0.3 is 11.8 Å². The molecule has 0 unspecified atom stereocenters. The SMILES string of the molecule is O=C1c2ccccc2C(=O)[N+]12CCCC2. The van der Waals surface area contributed by atoms with Crippen molar-refractivity contribution < 1.29 is 14.1 Å². The van der Waals surface area contributed by atoms with Crippen molar-refractivity contribution in [3.63, 3.8) is 0 Å². The molecule has 0 bridgehead atoms. The summed E-state index contributed by atoms with van der Waals surface area (Å²) < 4.78 is 0.0549. The molecule has 3 nitrogen and oxygen atoms in total. The van der Waals surface area contributed by atoms with E-state index in [1.54, 1.807) is 12.1 Å². The molecule has 1 saturated heterocycles. The van der Waals surface area contributed by atoms with E-state index < -0.39 is 0 Å². The van der Waals surface area contributed by atoms with Gasteiger partial charge in [0.1, 0.15) is 0 Å². The highest BCUT2D eigenvalue weighted by atomic mass is 16.2. The van der Waals surface area contributed by atoms with Gasteiger partial charge in [-0.05, 0) is 12.1 Å². The van der Waals surface area contributed by atoms with Gasteiger partial charge in [0.15, 0.2) is 0 Å². The molecule has 15 heavy (non-hydrogen) atoms. The van der Waals surface area contributed by atoms with Gasteiger partial charge in [0.2, 0.25) is 0 Å². The molecule has 2 aliphatic rings. The number of fused-ring (bicyclic) bond motifs is 1. The maximum absolute atomic E-state index is 12.2. The van der Waals surface area contributed by atoms with Crippen molar-refractivity contribution in [2.75, 3.05) is 13.1 Å². The Kier molecular flexibility index (Phi) is 1.62. The number of hydrogen-bond acceptors (Lipinski definition) is 2. The first kappa shape index (κ1) is 8.80. The molecule has 1 fully saturated rings. The molecule has 0 saturated carbocycles. The molecule has 2 heterocycles. The largest absolute Gasteiger partial charge is 0.354 e. The van der Waals surface area contributed by atoms with Crippen molar-refractivity contribution >= 4 is 11.8 Å². The maximum Gasteiger partial charge on any atom is 0.354 e. The first-order valence-corrected chi connectivity index (χ1v) is 5.32. The minimum atomic E-state index is 0.00750. The van der Waals surface area contributed by atoms with Gasteiger partial charge in [-0.3, -0.25) is 0 Å². The molecule has 0 aliphatic carbocycles. The first-order chi connectivity index (χ1) is 7.26. The first-order valence-electron chi connectivity index (χ1n) is 5.32. The summed E-state index contributed by atoms with van der Waals surface area (Å²) in [4.78, 5) is 24.4. The average molecular weight is 202 g/mol. The second kappa shape index (κ2) is 2.76. The van der Waals surface area contributed by atoms with Crippen LogP contribution in [0.15, 0.2) is 24.3 Å². The standard InChI is InChI=1S/C12H12NO2/c14-11-9-5-1-2-6-10(9)12(15)13(11)7-3-4-8-13/h1-2,5-6H,3-4,7-8H2/q+1. The highest BCUT2D eigenvalue weighted by molar-refractivity contribution is 6.13. The minimum Gasteiger partial charge on any atom is -0.225 e. The van der Waals surface area contributed by atoms with Gasteiger partial charge < -0.3 is 0 Å². The van der Waals surface area contributed by atoms with E-state index in [0.29, 0.717) is 24.2 Å². The second-order valence-corrected chi connectivity index (χ2v) is 4.28. The molecule has 1 aromatic carbocycles. The summed E-state index contributed by atoms with van der Waals surface area (Å²) >= 11 is 0. The van der Waals surface area contributed by atoms with Gasteiger partial charge in [-0.25, -0.2) is 9.59 Å². The van der Waals surface area contributed by atoms with Crippen LogP contribution in [-0.2, 0) is 0 Å². The van der Waals surface area contributed by atoms with Crippen LogP contribution >= 0.6 is 0 Å². The van der Waals surface area contributed by atoms with Crippen LogP contribution in [0.25, 0.3) is 0 Å². The van der Waals surface area contributed by atoms with Crippen LogP contribution in [0.4, 0.5) is 0 Å². The van der Waals surface area contributed by atoms with Gasteiger partial charge in [-0.1, -0.05) is 12.1 Å². The third-order valence-corrected chi connectivity index (χ3v) is 3.50. The van der Waals surface area contributed by atoms with Crippen molar-refractivity contribution in [2.45, 2.75) is 12.8 Å². The van der Waals surface area contributed by atoms with E-state index in [4.69, 9.17) is 0 Å². The van der Waals surface area contributed by atoms with E-state index in [1.807, 2.05) is 12.1 Å². The van der Waals surface area contributed by atoms with E-state index in [0.717, 1.165) is 12.8 Å². The Morgan fingerprint density at radius 2 is 1.33 bits per heavy atom. The third-order valence-electron chi connectivity index (χ3n) is 3.50. The van der Waals surface area contributed by atoms with Gasteiger partial charge in [-0.15, -0.1) is 0 Å². The molecular weight excluding hydrogens is 190 g/mol. The van der Waals surface area contributed by atoms with Crippen molar-refractivity contribution in [3.8, 4) is 0 Å². The molecule has 0 aromatic heterocycles. The number of carbonyl (C=O) groups is 2. The predicted octanol–water partition coefficient (Wildman–Crippen LogP) is 1.59. The van der Waals surface area contributed by atoms with E-state index in [9.17, 15) is 9.59 Å². The molecule has 2 amide bonds. The Bertz CT molecular complexity index is 421. The van der Waals surface area contributed by atoms with Gasteiger partial charge in [0.25, 0.3) is 0 Å². The third kappa shape index (κ3) is 0.934. The monoisotopic (exact) mass is 202 g/mol. The molecule has 3 heteroatoms. The molecule has 1 spiro atoms. The lowest BCUT2D eigenvalue weighted by Crippen LogP contribution is -2.50. The van der Waals surface area contributed by atoms with Crippen molar-refractivity contribution in [2.24, 2.45) is 0 Å². The van der Waals surface area contributed by atoms with Crippen LogP contribution in [-0.4, -0.2) is 29.4 Å². The Morgan fingerprint density at radius 1 is 0.867 bits per heavy atom. The van der Waals surface area contributed by atoms with Gasteiger partial charge in [-0.2, -0.15) is 4.48 Å². The topological polar surface area (TPSA) is 34.1 Å². The molecule has 0 atom stereocenters. The number of hydrogen-bond donors (Lipinski definition) is 0. The summed E-state index contributed by atoms with van der Waals surface area (Å²) in [6.45, 7) is 1.37. The normalized spacial score (nSPS) is 22.4. The van der Waals surface area contributed by atoms with Crippen LogP contribution in [0.2, 0.25) is 0 Å². The van der Waals surface area contributed by atoms with Crippen molar-refractivity contribution in [3.05, 3.63) is 35.4 Å². The maximum atomic E-state index is 12.2. The summed E-state index contributed by atoms with van der Waals surface area (Å²) in [5.41, 5.74) is 1.23. The fourth-order valence-corrected chi connectivity index (χ4v) is 2.69. The molecular formula is C12H12NO2+. The minimum absolute atomic E-state index is 0.00750. The van der Waals surface area contributed by atoms with Crippen LogP contribution in [0.1, 0.15) is 33.6 Å². The quantitative estimate of drug-likeness (QED) is 0.473. The van der Waals surface area contributed by atoms with E-state index in [2.05, 4.69) is 0 Å². The number of nitrogens with zero attached hydrogens (tertiary/aromatic N) is 1. The highest BCUT2D eigenvalue weighted by Gasteiger charge is 2.54. The van der Waals surface area contributed by atoms with Gasteiger partial charge in [0, 0.05) is 12.8 Å². The fraction of sp³-hybridized carbons (Fsp3) is 0.333. The number of rotatable bonds is 0. The lowest BCUT2D eigenvalue weighted by molar-refractivity contribution is -0.748. The number of benzene rings is 1. The average Bonchev–Trinajstić information content (AvgIpc) is 2.83. The zero-order valence-electron chi connectivity index (χ0n) is 8.40. The van der Waals surface area contributed by atoms with Crippen molar-refractivity contribution in [1.29, 1.82) is 0 Å². The summed E-state index contributed by atoms with van der Waals surface area (Å²) in [7, 11) is 0. The highest BCUT2D eigenvalue weighted by Crippen LogP contribution is 2.34. The molecule has 2 aliphatic heterocycles. The summed E-state index contributed by atoms with van der Waals surface area (Å²) in [5.74, 6) is 0.0150. The zero-order valence-corrected chi connectivity index (χ0v) is 8.40. The molecule has 0 N–H and O–H groups in total. The zero-order chi connectivity index (χ0) is 10.5. The van der Waals surface area contributed by atoms with Crippen LogP contribution < -0.4 is 0 Å². The van der Waals surface area contributed by atoms with Crippen LogP contribution in [0, 0.1) is 0 Å². The second-order valence-electron chi connectivity index (χ2n) is 4.28. The van der Waals surface area contributed by atoms with E-state index >= 15 is 0 Å². The summed E-state index contributed by atoms with van der Waals surface area (Å²) in [6.07, 6.45) is 1.96. The number of imide groups is 1. The summed E-state index contributed by atoms with van der Waals surface area (Å²) in [5, 5.41) is 0.